The number of aromatic nitrogens is 1. The van der Waals surface area contributed by atoms with Crippen LogP contribution in [0.25, 0.3) is 0 Å². The van der Waals surface area contributed by atoms with Crippen molar-refractivity contribution in [1.82, 2.24) is 8.87 Å². The van der Waals surface area contributed by atoms with Gasteiger partial charge >= 0.3 is 5.97 Å². The molecule has 8 heteroatoms. The van der Waals surface area contributed by atoms with Gasteiger partial charge in [0.15, 0.2) is 0 Å². The van der Waals surface area contributed by atoms with Gasteiger partial charge in [0.05, 0.1) is 16.9 Å². The Morgan fingerprint density at radius 1 is 1.17 bits per heavy atom. The molecule has 0 aliphatic heterocycles. The van der Waals surface area contributed by atoms with Gasteiger partial charge in [0.25, 0.3) is 15.9 Å². The monoisotopic (exact) mass is 350 g/mol. The molecule has 0 saturated heterocycles. The van der Waals surface area contributed by atoms with E-state index in [-0.39, 0.29) is 23.4 Å². The molecule has 0 fully saturated rings. The summed E-state index contributed by atoms with van der Waals surface area (Å²) in [4.78, 5) is 24.1. The maximum Gasteiger partial charge on any atom is 0.305 e. The van der Waals surface area contributed by atoms with E-state index in [1.165, 1.54) is 42.5 Å². The summed E-state index contributed by atoms with van der Waals surface area (Å²) in [5.41, 5.74) is 1.12. The quantitative estimate of drug-likeness (QED) is 0.853. The Hall–Kier alpha value is -2.61. The molecule has 0 atom stereocenters. The second-order valence-corrected chi connectivity index (χ2v) is 7.26. The lowest BCUT2D eigenvalue weighted by atomic mass is 10.2. The summed E-state index contributed by atoms with van der Waals surface area (Å²) in [6, 6.07) is 7.80. The summed E-state index contributed by atoms with van der Waals surface area (Å²) in [6.45, 7) is 1.90. The number of benzene rings is 1. The lowest BCUT2D eigenvalue weighted by Crippen LogP contribution is -2.28. The number of rotatable bonds is 6. The number of carbonyl (C=O) groups is 2. The number of carbonyl (C=O) groups excluding carboxylic acids is 1. The third-order valence-electron chi connectivity index (χ3n) is 3.52. The molecule has 24 heavy (non-hydrogen) atoms. The standard InChI is InChI=1S/C16H18N2O5S/c1-12-3-5-14(6-4-12)24(22,23)18-10-7-13(11-18)16(21)17(2)9-8-15(19)20/h3-7,10-11H,8-9H2,1-2H3,(H,19,20). The summed E-state index contributed by atoms with van der Waals surface area (Å²) < 4.78 is 26.0. The van der Waals surface area contributed by atoms with Crippen molar-refractivity contribution < 1.29 is 23.1 Å². The van der Waals surface area contributed by atoms with E-state index in [1.807, 2.05) is 6.92 Å². The Labute approximate surface area is 140 Å². The Bertz CT molecular complexity index is 853. The minimum Gasteiger partial charge on any atom is -0.481 e. The molecular formula is C16H18N2O5S. The predicted molar refractivity (Wildman–Crippen MR) is 87.4 cm³/mol. The highest BCUT2D eigenvalue weighted by atomic mass is 32.2. The van der Waals surface area contributed by atoms with Gasteiger partial charge in [-0.2, -0.15) is 0 Å². The van der Waals surface area contributed by atoms with Gasteiger partial charge in [0.2, 0.25) is 0 Å². The summed E-state index contributed by atoms with van der Waals surface area (Å²) in [5.74, 6) is -1.44. The third kappa shape index (κ3) is 3.83. The van der Waals surface area contributed by atoms with Gasteiger partial charge in [0.1, 0.15) is 0 Å². The van der Waals surface area contributed by atoms with Crippen molar-refractivity contribution in [3.63, 3.8) is 0 Å². The molecule has 7 nitrogen and oxygen atoms in total. The number of carboxylic acids is 1. The molecule has 0 spiro atoms. The fourth-order valence-corrected chi connectivity index (χ4v) is 3.27. The highest BCUT2D eigenvalue weighted by molar-refractivity contribution is 7.90. The van der Waals surface area contributed by atoms with Crippen LogP contribution in [0.3, 0.4) is 0 Å². The molecule has 128 valence electrons. The van der Waals surface area contributed by atoms with Crippen LogP contribution in [0.4, 0.5) is 0 Å². The molecule has 0 aliphatic carbocycles. The number of hydrogen-bond acceptors (Lipinski definition) is 4. The SMILES string of the molecule is Cc1ccc(S(=O)(=O)n2ccc(C(=O)N(C)CCC(=O)O)c2)cc1. The van der Waals surface area contributed by atoms with Crippen molar-refractivity contribution in [2.24, 2.45) is 0 Å². The Morgan fingerprint density at radius 2 is 1.79 bits per heavy atom. The smallest absolute Gasteiger partial charge is 0.305 e. The Kier molecular flexibility index (Phi) is 5.08. The fourth-order valence-electron chi connectivity index (χ4n) is 2.07. The van der Waals surface area contributed by atoms with Crippen LogP contribution in [0.5, 0.6) is 0 Å². The zero-order valence-corrected chi connectivity index (χ0v) is 14.2. The second kappa shape index (κ2) is 6.88. The lowest BCUT2D eigenvalue weighted by Gasteiger charge is -2.14. The van der Waals surface area contributed by atoms with Crippen molar-refractivity contribution in [2.75, 3.05) is 13.6 Å². The predicted octanol–water partition coefficient (Wildman–Crippen LogP) is 1.58. The zero-order valence-electron chi connectivity index (χ0n) is 13.3. The lowest BCUT2D eigenvalue weighted by molar-refractivity contribution is -0.137. The average molecular weight is 350 g/mol. The number of amides is 1. The van der Waals surface area contributed by atoms with E-state index in [1.54, 1.807) is 12.1 Å². The van der Waals surface area contributed by atoms with Crippen LogP contribution in [0, 0.1) is 6.92 Å². The number of hydrogen-bond donors (Lipinski definition) is 1. The molecule has 1 aromatic carbocycles. The molecule has 0 aliphatic rings. The molecule has 2 aromatic rings. The van der Waals surface area contributed by atoms with Gasteiger partial charge in [-0.15, -0.1) is 0 Å². The average Bonchev–Trinajstić information content (AvgIpc) is 3.03. The molecule has 0 radical (unpaired) electrons. The van der Waals surface area contributed by atoms with Crippen LogP contribution < -0.4 is 0 Å². The number of aryl methyl sites for hydroxylation is 1. The highest BCUT2D eigenvalue weighted by Crippen LogP contribution is 2.16. The van der Waals surface area contributed by atoms with E-state index >= 15 is 0 Å². The van der Waals surface area contributed by atoms with Crippen molar-refractivity contribution in [3.8, 4) is 0 Å². The maximum atomic E-state index is 12.5. The van der Waals surface area contributed by atoms with Gasteiger partial charge in [-0.25, -0.2) is 12.4 Å². The van der Waals surface area contributed by atoms with Gasteiger partial charge < -0.3 is 10.0 Å². The molecule has 0 saturated carbocycles. The van der Waals surface area contributed by atoms with E-state index in [0.717, 1.165) is 9.54 Å². The van der Waals surface area contributed by atoms with Crippen molar-refractivity contribution in [1.29, 1.82) is 0 Å². The van der Waals surface area contributed by atoms with E-state index in [4.69, 9.17) is 5.11 Å². The fraction of sp³-hybridized carbons (Fsp3) is 0.250. The maximum absolute atomic E-state index is 12.5. The van der Waals surface area contributed by atoms with Crippen LogP contribution in [0.2, 0.25) is 0 Å². The second-order valence-electron chi connectivity index (χ2n) is 5.42. The van der Waals surface area contributed by atoms with Crippen LogP contribution in [-0.4, -0.2) is 47.9 Å². The van der Waals surface area contributed by atoms with Gasteiger partial charge in [-0.3, -0.25) is 9.59 Å². The summed E-state index contributed by atoms with van der Waals surface area (Å²) in [6.07, 6.45) is 2.35. The first kappa shape index (κ1) is 17.7. The van der Waals surface area contributed by atoms with E-state index < -0.39 is 21.9 Å². The minimum absolute atomic E-state index is 0.0457. The van der Waals surface area contributed by atoms with E-state index in [0.29, 0.717) is 0 Å². The molecule has 1 heterocycles. The van der Waals surface area contributed by atoms with E-state index in [2.05, 4.69) is 0 Å². The molecule has 0 bridgehead atoms. The molecule has 1 aromatic heterocycles. The van der Waals surface area contributed by atoms with E-state index in [9.17, 15) is 18.0 Å². The van der Waals surface area contributed by atoms with Crippen molar-refractivity contribution in [3.05, 3.63) is 53.9 Å². The Morgan fingerprint density at radius 3 is 2.38 bits per heavy atom. The van der Waals surface area contributed by atoms with Crippen LogP contribution >= 0.6 is 0 Å². The number of nitrogens with zero attached hydrogens (tertiary/aromatic N) is 2. The first-order valence-corrected chi connectivity index (χ1v) is 8.63. The molecular weight excluding hydrogens is 332 g/mol. The summed E-state index contributed by atoms with van der Waals surface area (Å²) in [5, 5.41) is 8.65. The largest absolute Gasteiger partial charge is 0.481 e. The summed E-state index contributed by atoms with van der Waals surface area (Å²) in [7, 11) is -2.30. The van der Waals surface area contributed by atoms with Gasteiger partial charge in [-0.05, 0) is 25.1 Å². The van der Waals surface area contributed by atoms with Gasteiger partial charge in [-0.1, -0.05) is 17.7 Å². The molecule has 1 N–H and O–H groups in total. The van der Waals surface area contributed by atoms with Crippen molar-refractivity contribution >= 4 is 21.9 Å². The number of carboxylic acid groups (broad SMARTS) is 1. The highest BCUT2D eigenvalue weighted by Gasteiger charge is 2.20. The normalized spacial score (nSPS) is 11.2. The van der Waals surface area contributed by atoms with Crippen LogP contribution in [-0.2, 0) is 14.8 Å². The molecule has 1 amide bonds. The molecule has 2 rings (SSSR count). The van der Waals surface area contributed by atoms with Crippen LogP contribution in [0.1, 0.15) is 22.3 Å². The first-order valence-electron chi connectivity index (χ1n) is 7.19. The minimum atomic E-state index is -3.77. The molecule has 0 unspecified atom stereocenters. The van der Waals surface area contributed by atoms with Gasteiger partial charge in [0, 0.05) is 26.0 Å². The zero-order chi connectivity index (χ0) is 17.9. The van der Waals surface area contributed by atoms with Crippen molar-refractivity contribution in [2.45, 2.75) is 18.2 Å². The van der Waals surface area contributed by atoms with Crippen LogP contribution in [0.15, 0.2) is 47.6 Å². The third-order valence-corrected chi connectivity index (χ3v) is 5.17. The Balaban J connectivity index is 2.22. The number of aliphatic carboxylic acids is 1. The summed E-state index contributed by atoms with van der Waals surface area (Å²) >= 11 is 0. The first-order chi connectivity index (χ1) is 11.2. The topological polar surface area (TPSA) is 96.7 Å².